The van der Waals surface area contributed by atoms with E-state index in [1.807, 2.05) is 0 Å². The molecule has 8 heteroatoms. The van der Waals surface area contributed by atoms with E-state index in [0.29, 0.717) is 4.90 Å². The monoisotopic (exact) mass is 277 g/mol. The summed E-state index contributed by atoms with van der Waals surface area (Å²) in [6.07, 6.45) is -4.44. The fourth-order valence-corrected chi connectivity index (χ4v) is 1.21. The molecule has 17 heavy (non-hydrogen) atoms. The van der Waals surface area contributed by atoms with Crippen LogP contribution in [0, 0.1) is 0 Å². The van der Waals surface area contributed by atoms with Gasteiger partial charge in [-0.05, 0) is 0 Å². The van der Waals surface area contributed by atoms with Crippen molar-refractivity contribution in [2.75, 3.05) is 45.9 Å². The molecule has 0 aliphatic carbocycles. The zero-order chi connectivity index (χ0) is 13.3. The fourth-order valence-electron chi connectivity index (χ4n) is 1.00. The van der Waals surface area contributed by atoms with Gasteiger partial charge in [-0.25, -0.2) is 0 Å². The summed E-state index contributed by atoms with van der Waals surface area (Å²) in [7, 11) is 1.45. The summed E-state index contributed by atoms with van der Waals surface area (Å²) < 4.78 is 45.9. The van der Waals surface area contributed by atoms with Gasteiger partial charge in [0.15, 0.2) is 0 Å². The Hall–Kier alpha value is -0.530. The van der Waals surface area contributed by atoms with Gasteiger partial charge in [0.05, 0.1) is 13.2 Å². The highest BCUT2D eigenvalue weighted by molar-refractivity contribution is 6.18. The van der Waals surface area contributed by atoms with Gasteiger partial charge in [0.25, 0.3) is 0 Å². The molecule has 102 valence electrons. The van der Waals surface area contributed by atoms with Gasteiger partial charge in [-0.1, -0.05) is 0 Å². The summed E-state index contributed by atoms with van der Waals surface area (Å²) in [6.45, 7) is -1.44. The molecular weight excluding hydrogens is 263 g/mol. The molecule has 4 nitrogen and oxygen atoms in total. The molecule has 1 amide bonds. The van der Waals surface area contributed by atoms with Gasteiger partial charge in [0, 0.05) is 19.5 Å². The second-order valence-corrected chi connectivity index (χ2v) is 3.54. The van der Waals surface area contributed by atoms with Gasteiger partial charge in [-0.15, -0.1) is 11.6 Å². The topological polar surface area (TPSA) is 38.8 Å². The molecule has 0 rings (SSSR count). The summed E-state index contributed by atoms with van der Waals surface area (Å²) in [4.78, 5) is 12.0. The molecule has 0 saturated carbocycles. The van der Waals surface area contributed by atoms with E-state index in [-0.39, 0.29) is 25.6 Å². The average molecular weight is 278 g/mol. The van der Waals surface area contributed by atoms with E-state index in [2.05, 4.69) is 4.74 Å². The number of carbonyl (C=O) groups excluding carboxylic acids is 1. The molecule has 0 radical (unpaired) electrons. The van der Waals surface area contributed by atoms with E-state index < -0.39 is 25.2 Å². The Labute approximate surface area is 103 Å². The molecule has 0 heterocycles. The van der Waals surface area contributed by atoms with Crippen LogP contribution in [0.5, 0.6) is 0 Å². The maximum Gasteiger partial charge on any atom is 0.406 e. The number of hydrogen-bond acceptors (Lipinski definition) is 3. The molecule has 0 aromatic carbocycles. The van der Waals surface area contributed by atoms with Gasteiger partial charge >= 0.3 is 6.18 Å². The van der Waals surface area contributed by atoms with E-state index in [4.69, 9.17) is 16.3 Å². The third-order valence-corrected chi connectivity index (χ3v) is 1.90. The molecule has 0 spiro atoms. The Bertz CT molecular complexity index is 226. The minimum Gasteiger partial charge on any atom is -0.382 e. The molecule has 0 aliphatic heterocycles. The van der Waals surface area contributed by atoms with E-state index in [9.17, 15) is 18.0 Å². The minimum atomic E-state index is -4.44. The Morgan fingerprint density at radius 1 is 1.35 bits per heavy atom. The largest absolute Gasteiger partial charge is 0.406 e. The lowest BCUT2D eigenvalue weighted by molar-refractivity contribution is -0.163. The highest BCUT2D eigenvalue weighted by Crippen LogP contribution is 2.16. The Kier molecular flexibility index (Phi) is 8.28. The third-order valence-electron chi connectivity index (χ3n) is 1.73. The number of amides is 1. The number of hydrogen-bond donors (Lipinski definition) is 0. The van der Waals surface area contributed by atoms with Crippen LogP contribution in [0.3, 0.4) is 0 Å². The van der Waals surface area contributed by atoms with Gasteiger partial charge in [0.1, 0.15) is 13.2 Å². The molecule has 0 fully saturated rings. The summed E-state index contributed by atoms with van der Waals surface area (Å²) in [5.74, 6) is -0.793. The Balaban J connectivity index is 4.06. The van der Waals surface area contributed by atoms with Crippen LogP contribution in [-0.4, -0.2) is 62.9 Å². The third kappa shape index (κ3) is 9.20. The van der Waals surface area contributed by atoms with Crippen molar-refractivity contribution in [2.24, 2.45) is 0 Å². The van der Waals surface area contributed by atoms with Crippen LogP contribution >= 0.6 is 11.6 Å². The van der Waals surface area contributed by atoms with Gasteiger partial charge < -0.3 is 14.4 Å². The lowest BCUT2D eigenvalue weighted by Gasteiger charge is -2.22. The van der Waals surface area contributed by atoms with Crippen molar-refractivity contribution in [1.29, 1.82) is 0 Å². The Morgan fingerprint density at radius 3 is 2.47 bits per heavy atom. The van der Waals surface area contributed by atoms with Crippen LogP contribution in [0.2, 0.25) is 0 Å². The molecule has 0 atom stereocenters. The molecule has 0 N–H and O–H groups in total. The second kappa shape index (κ2) is 8.54. The van der Waals surface area contributed by atoms with Crippen LogP contribution in [0.25, 0.3) is 0 Å². The smallest absolute Gasteiger partial charge is 0.382 e. The molecule has 0 aromatic rings. The first-order chi connectivity index (χ1) is 7.90. The number of rotatable bonds is 8. The molecule has 0 aliphatic rings. The van der Waals surface area contributed by atoms with Gasteiger partial charge in [0.2, 0.25) is 5.91 Å². The maximum atomic E-state index is 12.1. The first-order valence-corrected chi connectivity index (χ1v) is 5.41. The van der Waals surface area contributed by atoms with Crippen molar-refractivity contribution < 1.29 is 27.4 Å². The highest BCUT2D eigenvalue weighted by Gasteiger charge is 2.32. The lowest BCUT2D eigenvalue weighted by atomic mass is 10.4. The predicted octanol–water partition coefficient (Wildman–Crippen LogP) is 1.28. The SMILES string of the molecule is COCCOCC(=O)N(CCCl)CC(F)(F)F. The summed E-state index contributed by atoms with van der Waals surface area (Å²) in [5.41, 5.74) is 0. The molecule has 0 saturated heterocycles. The number of halogens is 4. The van der Waals surface area contributed by atoms with Crippen LogP contribution in [0.4, 0.5) is 13.2 Å². The zero-order valence-electron chi connectivity index (χ0n) is 9.43. The molecule has 0 unspecified atom stereocenters. The predicted molar refractivity (Wildman–Crippen MR) is 56.1 cm³/mol. The van der Waals surface area contributed by atoms with Crippen LogP contribution in [0.15, 0.2) is 0 Å². The molecule has 0 bridgehead atoms. The highest BCUT2D eigenvalue weighted by atomic mass is 35.5. The number of methoxy groups -OCH3 is 1. The van der Waals surface area contributed by atoms with Crippen molar-refractivity contribution in [3.63, 3.8) is 0 Å². The van der Waals surface area contributed by atoms with Crippen molar-refractivity contribution in [2.45, 2.75) is 6.18 Å². The number of nitrogens with zero attached hydrogens (tertiary/aromatic N) is 1. The number of carbonyl (C=O) groups is 1. The summed E-state index contributed by atoms with van der Waals surface area (Å²) >= 11 is 5.33. The van der Waals surface area contributed by atoms with E-state index in [1.165, 1.54) is 7.11 Å². The van der Waals surface area contributed by atoms with Crippen LogP contribution in [-0.2, 0) is 14.3 Å². The van der Waals surface area contributed by atoms with Crippen LogP contribution in [0.1, 0.15) is 0 Å². The second-order valence-electron chi connectivity index (χ2n) is 3.16. The number of alkyl halides is 4. The van der Waals surface area contributed by atoms with Crippen molar-refractivity contribution >= 4 is 17.5 Å². The van der Waals surface area contributed by atoms with E-state index in [0.717, 1.165) is 0 Å². The zero-order valence-corrected chi connectivity index (χ0v) is 10.2. The lowest BCUT2D eigenvalue weighted by Crippen LogP contribution is -2.42. The molecular formula is C9H15ClF3NO3. The van der Waals surface area contributed by atoms with Crippen molar-refractivity contribution in [3.05, 3.63) is 0 Å². The number of ether oxygens (including phenoxy) is 2. The maximum absolute atomic E-state index is 12.1. The molecule has 0 aromatic heterocycles. The normalized spacial score (nSPS) is 11.6. The standard InChI is InChI=1S/C9H15ClF3NO3/c1-16-4-5-17-6-8(15)14(3-2-10)7-9(11,12)13/h2-7H2,1H3. The van der Waals surface area contributed by atoms with Crippen molar-refractivity contribution in [1.82, 2.24) is 4.90 Å². The first-order valence-electron chi connectivity index (χ1n) is 4.88. The summed E-state index contributed by atoms with van der Waals surface area (Å²) in [6, 6.07) is 0. The Morgan fingerprint density at radius 2 is 2.00 bits per heavy atom. The van der Waals surface area contributed by atoms with E-state index >= 15 is 0 Å². The quantitative estimate of drug-likeness (QED) is 0.496. The van der Waals surface area contributed by atoms with Crippen LogP contribution < -0.4 is 0 Å². The minimum absolute atomic E-state index is 0.0557. The van der Waals surface area contributed by atoms with Gasteiger partial charge in [-0.2, -0.15) is 13.2 Å². The van der Waals surface area contributed by atoms with Crippen molar-refractivity contribution in [3.8, 4) is 0 Å². The first kappa shape index (κ1) is 16.5. The average Bonchev–Trinajstić information content (AvgIpc) is 2.21. The van der Waals surface area contributed by atoms with Gasteiger partial charge in [-0.3, -0.25) is 4.79 Å². The van der Waals surface area contributed by atoms with E-state index in [1.54, 1.807) is 0 Å². The summed E-state index contributed by atoms with van der Waals surface area (Å²) in [5, 5.41) is 0. The fraction of sp³-hybridized carbons (Fsp3) is 0.889.